The van der Waals surface area contributed by atoms with Crippen LogP contribution >= 0.6 is 0 Å². The molecule has 1 aromatic heterocycles. The van der Waals surface area contributed by atoms with Crippen LogP contribution in [0.5, 0.6) is 0 Å². The number of rotatable bonds is 6. The number of hydrogen-bond acceptors (Lipinski definition) is 6. The van der Waals surface area contributed by atoms with Crippen LogP contribution in [0.25, 0.3) is 5.69 Å². The van der Waals surface area contributed by atoms with Gasteiger partial charge in [-0.15, -0.1) is 5.10 Å². The van der Waals surface area contributed by atoms with Gasteiger partial charge >= 0.3 is 0 Å². The van der Waals surface area contributed by atoms with Gasteiger partial charge in [0.15, 0.2) is 5.78 Å². The van der Waals surface area contributed by atoms with Crippen molar-refractivity contribution in [2.45, 2.75) is 11.8 Å². The largest absolute Gasteiger partial charge is 0.346 e. The molecule has 0 saturated carbocycles. The molecule has 0 aliphatic carbocycles. The third kappa shape index (κ3) is 4.14. The van der Waals surface area contributed by atoms with Gasteiger partial charge in [0.05, 0.1) is 16.3 Å². The van der Waals surface area contributed by atoms with E-state index in [9.17, 15) is 13.2 Å². The minimum absolute atomic E-state index is 0.0774. The van der Waals surface area contributed by atoms with E-state index in [-0.39, 0.29) is 10.7 Å². The van der Waals surface area contributed by atoms with Crippen LogP contribution < -0.4 is 9.62 Å². The standard InChI is InChI=1S/C18H19N5O3S/c1-13(24)14-7-9-17(10-8-14)27(25,26)21-15-5-4-6-16(11-15)23-12-19-18(20-23)22(2)3/h4-12,21H,1-3H3. The molecular weight excluding hydrogens is 366 g/mol. The minimum Gasteiger partial charge on any atom is -0.346 e. The summed E-state index contributed by atoms with van der Waals surface area (Å²) in [6.07, 6.45) is 1.56. The van der Waals surface area contributed by atoms with E-state index in [4.69, 9.17) is 0 Å². The van der Waals surface area contributed by atoms with E-state index in [0.717, 1.165) is 0 Å². The minimum atomic E-state index is -3.78. The molecule has 8 nitrogen and oxygen atoms in total. The van der Waals surface area contributed by atoms with E-state index >= 15 is 0 Å². The molecule has 0 radical (unpaired) electrons. The van der Waals surface area contributed by atoms with E-state index in [1.54, 1.807) is 40.2 Å². The van der Waals surface area contributed by atoms with E-state index in [0.29, 0.717) is 22.9 Å². The summed E-state index contributed by atoms with van der Waals surface area (Å²) in [4.78, 5) is 17.4. The first-order valence-electron chi connectivity index (χ1n) is 8.09. The number of nitrogens with zero attached hydrogens (tertiary/aromatic N) is 4. The molecule has 2 aromatic carbocycles. The number of nitrogens with one attached hydrogen (secondary N) is 1. The Morgan fingerprint density at radius 1 is 1.11 bits per heavy atom. The van der Waals surface area contributed by atoms with Gasteiger partial charge in [0.1, 0.15) is 6.33 Å². The zero-order valence-corrected chi connectivity index (χ0v) is 15.9. The SMILES string of the molecule is CC(=O)c1ccc(S(=O)(=O)Nc2cccc(-n3cnc(N(C)C)n3)c2)cc1. The van der Waals surface area contributed by atoms with Gasteiger partial charge in [-0.3, -0.25) is 9.52 Å². The molecule has 9 heteroatoms. The van der Waals surface area contributed by atoms with E-state index in [1.165, 1.54) is 31.2 Å². The van der Waals surface area contributed by atoms with Crippen LogP contribution in [-0.4, -0.2) is 43.1 Å². The molecule has 1 N–H and O–H groups in total. The van der Waals surface area contributed by atoms with Crippen molar-refractivity contribution in [2.24, 2.45) is 0 Å². The van der Waals surface area contributed by atoms with Crippen molar-refractivity contribution in [3.63, 3.8) is 0 Å². The van der Waals surface area contributed by atoms with Gasteiger partial charge in [0, 0.05) is 19.7 Å². The Balaban J connectivity index is 1.85. The normalized spacial score (nSPS) is 11.2. The lowest BCUT2D eigenvalue weighted by molar-refractivity contribution is 0.101. The Bertz CT molecular complexity index is 1070. The predicted octanol–water partition coefficient (Wildman–Crippen LogP) is 2.34. The lowest BCUT2D eigenvalue weighted by Crippen LogP contribution is -2.13. The molecule has 27 heavy (non-hydrogen) atoms. The van der Waals surface area contributed by atoms with Gasteiger partial charge in [-0.05, 0) is 37.3 Å². The van der Waals surface area contributed by atoms with Crippen LogP contribution in [0.15, 0.2) is 59.8 Å². The summed E-state index contributed by atoms with van der Waals surface area (Å²) in [6, 6.07) is 12.6. The van der Waals surface area contributed by atoms with Crippen LogP contribution in [0.2, 0.25) is 0 Å². The Hall–Kier alpha value is -3.20. The van der Waals surface area contributed by atoms with Crippen LogP contribution in [0.4, 0.5) is 11.6 Å². The summed E-state index contributed by atoms with van der Waals surface area (Å²) in [7, 11) is -0.108. The molecule has 0 atom stereocenters. The van der Waals surface area contributed by atoms with Crippen molar-refractivity contribution in [3.8, 4) is 5.69 Å². The number of Topliss-reactive ketones (excluding diaryl/α,β-unsaturated/α-hetero) is 1. The van der Waals surface area contributed by atoms with E-state index in [2.05, 4.69) is 14.8 Å². The quantitative estimate of drug-likeness (QED) is 0.654. The molecule has 3 rings (SSSR count). The second kappa shape index (κ2) is 7.20. The third-order valence-corrected chi connectivity index (χ3v) is 5.21. The zero-order valence-electron chi connectivity index (χ0n) is 15.1. The molecule has 1 heterocycles. The number of anilines is 2. The average molecular weight is 385 g/mol. The summed E-state index contributed by atoms with van der Waals surface area (Å²) in [5.74, 6) is 0.427. The van der Waals surface area contributed by atoms with E-state index < -0.39 is 10.0 Å². The fourth-order valence-corrected chi connectivity index (χ4v) is 3.43. The van der Waals surface area contributed by atoms with E-state index in [1.807, 2.05) is 14.1 Å². The number of carbonyl (C=O) groups excluding carboxylic acids is 1. The average Bonchev–Trinajstić information content (AvgIpc) is 3.12. The predicted molar refractivity (Wildman–Crippen MR) is 103 cm³/mol. The highest BCUT2D eigenvalue weighted by Gasteiger charge is 2.15. The topological polar surface area (TPSA) is 97.2 Å². The van der Waals surface area contributed by atoms with Crippen molar-refractivity contribution < 1.29 is 13.2 Å². The first kappa shape index (κ1) is 18.6. The van der Waals surface area contributed by atoms with Gasteiger partial charge in [0.25, 0.3) is 10.0 Å². The Morgan fingerprint density at radius 2 is 1.81 bits per heavy atom. The summed E-state index contributed by atoms with van der Waals surface area (Å²) in [5.41, 5.74) is 1.52. The fraction of sp³-hybridized carbons (Fsp3) is 0.167. The Labute approximate surface area is 157 Å². The highest BCUT2D eigenvalue weighted by Crippen LogP contribution is 2.20. The lowest BCUT2D eigenvalue weighted by Gasteiger charge is -2.10. The molecule has 140 valence electrons. The monoisotopic (exact) mass is 385 g/mol. The zero-order chi connectivity index (χ0) is 19.6. The highest BCUT2D eigenvalue weighted by atomic mass is 32.2. The van der Waals surface area contributed by atoms with Gasteiger partial charge in [-0.1, -0.05) is 18.2 Å². The van der Waals surface area contributed by atoms with Crippen molar-refractivity contribution in [1.29, 1.82) is 0 Å². The molecule has 0 aliphatic rings. The van der Waals surface area contributed by atoms with Crippen molar-refractivity contribution in [2.75, 3.05) is 23.7 Å². The molecule has 0 unspecified atom stereocenters. The number of sulfonamides is 1. The third-order valence-electron chi connectivity index (χ3n) is 3.81. The maximum atomic E-state index is 12.6. The first-order chi connectivity index (χ1) is 12.8. The summed E-state index contributed by atoms with van der Waals surface area (Å²) in [5, 5.41) is 4.32. The summed E-state index contributed by atoms with van der Waals surface area (Å²) in [6.45, 7) is 1.43. The van der Waals surface area contributed by atoms with Crippen LogP contribution in [0, 0.1) is 0 Å². The molecule has 0 spiro atoms. The number of benzene rings is 2. The van der Waals surface area contributed by atoms with Gasteiger partial charge < -0.3 is 4.90 Å². The molecule has 0 aliphatic heterocycles. The Morgan fingerprint density at radius 3 is 2.41 bits per heavy atom. The smallest absolute Gasteiger partial charge is 0.261 e. The second-order valence-electron chi connectivity index (χ2n) is 6.12. The van der Waals surface area contributed by atoms with Crippen LogP contribution in [0.3, 0.4) is 0 Å². The number of aromatic nitrogens is 3. The maximum Gasteiger partial charge on any atom is 0.261 e. The van der Waals surface area contributed by atoms with Crippen molar-refractivity contribution in [3.05, 3.63) is 60.4 Å². The molecule has 3 aromatic rings. The summed E-state index contributed by atoms with van der Waals surface area (Å²) >= 11 is 0. The molecular formula is C18H19N5O3S. The van der Waals surface area contributed by atoms with Crippen LogP contribution in [-0.2, 0) is 10.0 Å². The second-order valence-corrected chi connectivity index (χ2v) is 7.80. The Kier molecular flexibility index (Phi) is 4.95. The molecule has 0 bridgehead atoms. The fourth-order valence-electron chi connectivity index (χ4n) is 2.38. The van der Waals surface area contributed by atoms with Crippen molar-refractivity contribution in [1.82, 2.24) is 14.8 Å². The molecule has 0 amide bonds. The lowest BCUT2D eigenvalue weighted by atomic mass is 10.2. The maximum absolute atomic E-state index is 12.6. The van der Waals surface area contributed by atoms with Gasteiger partial charge in [-0.2, -0.15) is 4.98 Å². The first-order valence-corrected chi connectivity index (χ1v) is 9.58. The van der Waals surface area contributed by atoms with Crippen molar-refractivity contribution >= 4 is 27.4 Å². The summed E-state index contributed by atoms with van der Waals surface area (Å²) < 4.78 is 29.3. The number of hydrogen-bond donors (Lipinski definition) is 1. The highest BCUT2D eigenvalue weighted by molar-refractivity contribution is 7.92. The van der Waals surface area contributed by atoms with Crippen LogP contribution in [0.1, 0.15) is 17.3 Å². The van der Waals surface area contributed by atoms with Gasteiger partial charge in [-0.25, -0.2) is 13.1 Å². The number of carbonyl (C=O) groups is 1. The molecule has 0 fully saturated rings. The molecule has 0 saturated heterocycles. The number of ketones is 1. The van der Waals surface area contributed by atoms with Gasteiger partial charge in [0.2, 0.25) is 5.95 Å².